The highest BCUT2D eigenvalue weighted by atomic mass is 32.2. The van der Waals surface area contributed by atoms with Crippen molar-refractivity contribution in [3.05, 3.63) is 59.0 Å². The first-order valence-corrected chi connectivity index (χ1v) is 8.16. The van der Waals surface area contributed by atoms with Gasteiger partial charge in [0.25, 0.3) is 5.76 Å². The predicted molar refractivity (Wildman–Crippen MR) is 86.4 cm³/mol. The van der Waals surface area contributed by atoms with Crippen molar-refractivity contribution in [2.24, 2.45) is 5.73 Å². The molecule has 0 unspecified atom stereocenters. The van der Waals surface area contributed by atoms with Gasteiger partial charge in [0, 0.05) is 5.56 Å². The average molecular weight is 340 g/mol. The molecule has 0 radical (unpaired) electrons. The van der Waals surface area contributed by atoms with Gasteiger partial charge in [0.05, 0.1) is 12.3 Å². The van der Waals surface area contributed by atoms with E-state index in [1.54, 1.807) is 30.3 Å². The van der Waals surface area contributed by atoms with E-state index in [9.17, 15) is 13.6 Å². The monoisotopic (exact) mass is 340 g/mol. The maximum atomic E-state index is 12.1. The molecule has 0 spiro atoms. The van der Waals surface area contributed by atoms with Crippen LogP contribution < -0.4 is 11.1 Å². The molecule has 0 aliphatic carbocycles. The van der Waals surface area contributed by atoms with Gasteiger partial charge in [-0.05, 0) is 42.8 Å². The second-order valence-corrected chi connectivity index (χ2v) is 5.91. The van der Waals surface area contributed by atoms with E-state index in [4.69, 9.17) is 10.2 Å². The van der Waals surface area contributed by atoms with Crippen LogP contribution in [-0.2, 0) is 18.7 Å². The summed E-state index contributed by atoms with van der Waals surface area (Å²) in [5.74, 6) is -1.41. The number of halogens is 2. The lowest BCUT2D eigenvalue weighted by atomic mass is 10.1. The molecule has 1 aromatic carbocycles. The quantitative estimate of drug-likeness (QED) is 0.688. The number of amides is 1. The summed E-state index contributed by atoms with van der Waals surface area (Å²) in [6.07, 6.45) is 0.746. The summed E-state index contributed by atoms with van der Waals surface area (Å²) in [7, 11) is 0. The third-order valence-corrected chi connectivity index (χ3v) is 3.87. The second kappa shape index (κ2) is 8.69. The van der Waals surface area contributed by atoms with Crippen LogP contribution in [0.2, 0.25) is 0 Å². The first-order valence-electron chi connectivity index (χ1n) is 7.11. The van der Waals surface area contributed by atoms with E-state index in [1.165, 1.54) is 0 Å². The molecule has 0 aliphatic rings. The van der Waals surface area contributed by atoms with Gasteiger partial charge in [-0.15, -0.1) is 0 Å². The lowest BCUT2D eigenvalue weighted by Gasteiger charge is -2.05. The smallest absolute Gasteiger partial charge is 0.284 e. The van der Waals surface area contributed by atoms with Crippen molar-refractivity contribution in [2.45, 2.75) is 24.5 Å². The number of nitrogens with two attached hydrogens (primary N) is 1. The number of nitrogens with one attached hydrogen (secondary N) is 1. The van der Waals surface area contributed by atoms with Gasteiger partial charge in [0.1, 0.15) is 11.5 Å². The molecule has 0 saturated heterocycles. The standard InChI is InChI=1S/C16H18F2N2O2S/c17-16(18)23-10-14-5-4-13(22-14)9-20-7-6-11-2-1-3-12(8-11)15(19)21/h1-5,8,16,20H,6-7,9-10H2,(H2,19,21). The van der Waals surface area contributed by atoms with Crippen molar-refractivity contribution < 1.29 is 18.0 Å². The van der Waals surface area contributed by atoms with Crippen LogP contribution in [0.25, 0.3) is 0 Å². The van der Waals surface area contributed by atoms with Crippen molar-refractivity contribution in [1.29, 1.82) is 0 Å². The highest BCUT2D eigenvalue weighted by Gasteiger charge is 2.07. The molecule has 0 aliphatic heterocycles. The fourth-order valence-electron chi connectivity index (χ4n) is 2.06. The molecule has 0 bridgehead atoms. The largest absolute Gasteiger partial charge is 0.464 e. The first kappa shape index (κ1) is 17.5. The molecule has 1 aromatic heterocycles. The van der Waals surface area contributed by atoms with E-state index in [1.807, 2.05) is 6.07 Å². The van der Waals surface area contributed by atoms with E-state index in [0.717, 1.165) is 12.0 Å². The van der Waals surface area contributed by atoms with Gasteiger partial charge < -0.3 is 15.5 Å². The van der Waals surface area contributed by atoms with Crippen LogP contribution in [0.5, 0.6) is 0 Å². The number of hydrogen-bond acceptors (Lipinski definition) is 4. The summed E-state index contributed by atoms with van der Waals surface area (Å²) < 4.78 is 29.6. The number of furan rings is 1. The summed E-state index contributed by atoms with van der Waals surface area (Å²) in [4.78, 5) is 11.1. The van der Waals surface area contributed by atoms with Crippen LogP contribution in [0, 0.1) is 0 Å². The topological polar surface area (TPSA) is 68.3 Å². The van der Waals surface area contributed by atoms with Crippen molar-refractivity contribution in [2.75, 3.05) is 6.54 Å². The Morgan fingerprint density at radius 1 is 1.26 bits per heavy atom. The van der Waals surface area contributed by atoms with E-state index < -0.39 is 11.7 Å². The van der Waals surface area contributed by atoms with E-state index in [-0.39, 0.29) is 5.75 Å². The molecule has 3 N–H and O–H groups in total. The maximum absolute atomic E-state index is 12.1. The molecule has 7 heteroatoms. The maximum Gasteiger partial charge on any atom is 0.284 e. The Bertz CT molecular complexity index is 647. The van der Waals surface area contributed by atoms with Crippen LogP contribution in [-0.4, -0.2) is 18.2 Å². The molecule has 0 fully saturated rings. The number of benzene rings is 1. The Labute approximate surface area is 137 Å². The molecule has 2 rings (SSSR count). The number of alkyl halides is 2. The van der Waals surface area contributed by atoms with Crippen molar-refractivity contribution >= 4 is 17.7 Å². The van der Waals surface area contributed by atoms with Crippen molar-refractivity contribution in [3.8, 4) is 0 Å². The van der Waals surface area contributed by atoms with Crippen LogP contribution >= 0.6 is 11.8 Å². The average Bonchev–Trinajstić information content (AvgIpc) is 2.98. The fraction of sp³-hybridized carbons (Fsp3) is 0.312. The molecule has 2 aromatic rings. The molecule has 0 atom stereocenters. The zero-order chi connectivity index (χ0) is 16.7. The molecule has 0 saturated carbocycles. The van der Waals surface area contributed by atoms with Gasteiger partial charge in [0.15, 0.2) is 0 Å². The molecule has 23 heavy (non-hydrogen) atoms. The Kier molecular flexibility index (Phi) is 6.61. The van der Waals surface area contributed by atoms with Crippen molar-refractivity contribution in [3.63, 3.8) is 0 Å². The summed E-state index contributed by atoms with van der Waals surface area (Å²) in [6, 6.07) is 10.7. The van der Waals surface area contributed by atoms with Gasteiger partial charge in [-0.1, -0.05) is 23.9 Å². The molecule has 4 nitrogen and oxygen atoms in total. The van der Waals surface area contributed by atoms with E-state index >= 15 is 0 Å². The first-order chi connectivity index (χ1) is 11.0. The number of carbonyl (C=O) groups excluding carboxylic acids is 1. The third kappa shape index (κ3) is 6.03. The SMILES string of the molecule is NC(=O)c1cccc(CCNCc2ccc(CSC(F)F)o2)c1. The molecule has 1 heterocycles. The molecular weight excluding hydrogens is 322 g/mol. The van der Waals surface area contributed by atoms with E-state index in [0.29, 0.717) is 41.9 Å². The summed E-state index contributed by atoms with van der Waals surface area (Å²) >= 11 is 0.542. The minimum absolute atomic E-state index is 0.164. The number of thioether (sulfide) groups is 1. The summed E-state index contributed by atoms with van der Waals surface area (Å²) in [6.45, 7) is 1.22. The van der Waals surface area contributed by atoms with Crippen LogP contribution in [0.1, 0.15) is 27.4 Å². The summed E-state index contributed by atoms with van der Waals surface area (Å²) in [5.41, 5.74) is 6.75. The molecule has 1 amide bonds. The van der Waals surface area contributed by atoms with Crippen LogP contribution in [0.4, 0.5) is 8.78 Å². The van der Waals surface area contributed by atoms with Crippen LogP contribution in [0.3, 0.4) is 0 Å². The number of carbonyl (C=O) groups is 1. The Balaban J connectivity index is 1.73. The highest BCUT2D eigenvalue weighted by molar-refractivity contribution is 7.98. The Morgan fingerprint density at radius 2 is 2.04 bits per heavy atom. The third-order valence-electron chi connectivity index (χ3n) is 3.17. The van der Waals surface area contributed by atoms with Gasteiger partial charge in [-0.25, -0.2) is 0 Å². The van der Waals surface area contributed by atoms with Gasteiger partial charge in [-0.2, -0.15) is 8.78 Å². The summed E-state index contributed by atoms with van der Waals surface area (Å²) in [5, 5.41) is 3.21. The lowest BCUT2D eigenvalue weighted by Crippen LogP contribution is -2.17. The molecule has 124 valence electrons. The second-order valence-electron chi connectivity index (χ2n) is 4.93. The Morgan fingerprint density at radius 3 is 2.78 bits per heavy atom. The van der Waals surface area contributed by atoms with Gasteiger partial charge >= 0.3 is 0 Å². The zero-order valence-corrected chi connectivity index (χ0v) is 13.2. The highest BCUT2D eigenvalue weighted by Crippen LogP contribution is 2.21. The van der Waals surface area contributed by atoms with Crippen LogP contribution in [0.15, 0.2) is 40.8 Å². The fourth-order valence-corrected chi connectivity index (χ4v) is 2.51. The Hall–Kier alpha value is -1.86. The van der Waals surface area contributed by atoms with E-state index in [2.05, 4.69) is 5.32 Å². The lowest BCUT2D eigenvalue weighted by molar-refractivity contribution is 0.1000. The number of primary amides is 1. The number of rotatable bonds is 9. The normalized spacial score (nSPS) is 11.1. The minimum Gasteiger partial charge on any atom is -0.464 e. The van der Waals surface area contributed by atoms with Gasteiger partial charge in [0.2, 0.25) is 5.91 Å². The zero-order valence-electron chi connectivity index (χ0n) is 12.4. The predicted octanol–water partition coefficient (Wildman–Crippen LogP) is 3.17. The molecular formula is C16H18F2N2O2S. The number of hydrogen-bond donors (Lipinski definition) is 2. The minimum atomic E-state index is -2.39. The van der Waals surface area contributed by atoms with Gasteiger partial charge in [-0.3, -0.25) is 4.79 Å². The van der Waals surface area contributed by atoms with Crippen molar-refractivity contribution in [1.82, 2.24) is 5.32 Å².